The van der Waals surface area contributed by atoms with Gasteiger partial charge in [0.05, 0.1) is 39.8 Å². The monoisotopic (exact) mass is 564 g/mol. The van der Waals surface area contributed by atoms with Gasteiger partial charge in [0.2, 0.25) is 0 Å². The van der Waals surface area contributed by atoms with Crippen molar-refractivity contribution >= 4 is 28.4 Å². The van der Waals surface area contributed by atoms with Crippen molar-refractivity contribution in [2.75, 3.05) is 0 Å². The Labute approximate surface area is 242 Å². The second-order valence-corrected chi connectivity index (χ2v) is 9.66. The quantitative estimate of drug-likeness (QED) is 0.233. The summed E-state index contributed by atoms with van der Waals surface area (Å²) < 4.78 is 44.4. The summed E-state index contributed by atoms with van der Waals surface area (Å²) in [6.45, 7) is 0. The van der Waals surface area contributed by atoms with Gasteiger partial charge in [-0.25, -0.2) is 18.2 Å². The summed E-state index contributed by atoms with van der Waals surface area (Å²) >= 11 is 0. The number of nitrogens with one attached hydrogen (secondary N) is 2. The van der Waals surface area contributed by atoms with Crippen molar-refractivity contribution in [2.45, 2.75) is 0 Å². The Morgan fingerprint density at radius 2 is 1.26 bits per heavy atom. The van der Waals surface area contributed by atoms with Crippen molar-refractivity contribution in [3.05, 3.63) is 118 Å². The number of allylic oxidation sites excluding steroid dienone is 1. The van der Waals surface area contributed by atoms with E-state index in [1.807, 2.05) is 24.3 Å². The van der Waals surface area contributed by atoms with Crippen LogP contribution in [0, 0.1) is 62.3 Å². The molecule has 6 rings (SSSR count). The molecule has 0 atom stereocenters. The van der Waals surface area contributed by atoms with Gasteiger partial charge in [-0.2, -0.15) is 15.8 Å². The average Bonchev–Trinajstić information content (AvgIpc) is 3.02. The first-order valence-corrected chi connectivity index (χ1v) is 12.7. The maximum Gasteiger partial charge on any atom is 0.164 e. The van der Waals surface area contributed by atoms with Crippen LogP contribution in [-0.4, -0.2) is 16.4 Å². The summed E-state index contributed by atoms with van der Waals surface area (Å²) in [5.41, 5.74) is 1.86. The number of fused-ring (bicyclic) bond motifs is 3. The molecule has 0 amide bonds. The van der Waals surface area contributed by atoms with Gasteiger partial charge in [-0.05, 0) is 47.0 Å². The fraction of sp³-hybridized carbons (Fsp3) is 0. The minimum Gasteiger partial charge on any atom is -0.299 e. The fourth-order valence-corrected chi connectivity index (χ4v) is 5.17. The van der Waals surface area contributed by atoms with Crippen molar-refractivity contribution in [1.82, 2.24) is 4.98 Å². The third-order valence-corrected chi connectivity index (χ3v) is 7.27. The van der Waals surface area contributed by atoms with Crippen LogP contribution in [-0.2, 0) is 0 Å². The number of nitriles is 3. The molecule has 0 fully saturated rings. The maximum atomic E-state index is 15.0. The summed E-state index contributed by atoms with van der Waals surface area (Å²) in [7, 11) is 0. The second kappa shape index (κ2) is 10.2. The number of hydrogen-bond acceptors (Lipinski definition) is 6. The topological polar surface area (TPSA) is 132 Å². The fourth-order valence-electron chi connectivity index (χ4n) is 5.17. The molecule has 0 saturated heterocycles. The average molecular weight is 565 g/mol. The van der Waals surface area contributed by atoms with Crippen LogP contribution in [0.15, 0.2) is 72.8 Å². The highest BCUT2D eigenvalue weighted by atomic mass is 19.1. The largest absolute Gasteiger partial charge is 0.299 e. The number of nitrogens with zero attached hydrogens (tertiary/aromatic N) is 4. The van der Waals surface area contributed by atoms with Crippen LogP contribution >= 0.6 is 0 Å². The molecule has 0 aliphatic heterocycles. The lowest BCUT2D eigenvalue weighted by Crippen LogP contribution is -2.17. The number of pyridine rings is 1. The third kappa shape index (κ3) is 4.23. The Morgan fingerprint density at radius 1 is 0.628 bits per heavy atom. The Bertz CT molecular complexity index is 2190. The number of aromatic nitrogens is 1. The predicted octanol–water partition coefficient (Wildman–Crippen LogP) is 7.68. The standard InChI is InChI=1S/C34H15F3N6/c35-30-24(15-39)31(36)28(32(37)25(30)16-40)18-4-6-19(7-5-18)34-23-10-11-26(41)33(42)29(23)22-9-8-21(13-27(22)43-34)20-3-1-2-17(12-20)14-38/h1-13,41-42H. The first kappa shape index (κ1) is 26.8. The Hall–Kier alpha value is -6.37. The van der Waals surface area contributed by atoms with Crippen molar-refractivity contribution in [2.24, 2.45) is 0 Å². The molecule has 5 aromatic rings. The summed E-state index contributed by atoms with van der Waals surface area (Å²) in [5, 5.41) is 45.3. The molecule has 202 valence electrons. The van der Waals surface area contributed by atoms with E-state index in [0.29, 0.717) is 38.9 Å². The number of benzene rings is 4. The van der Waals surface area contributed by atoms with Gasteiger partial charge in [0.1, 0.15) is 23.3 Å². The molecule has 0 spiro atoms. The van der Waals surface area contributed by atoms with E-state index in [9.17, 15) is 20.2 Å². The highest BCUT2D eigenvalue weighted by Crippen LogP contribution is 2.38. The van der Waals surface area contributed by atoms with Crippen LogP contribution < -0.4 is 0 Å². The summed E-state index contributed by atoms with van der Waals surface area (Å²) in [5.74, 6) is -4.37. The van der Waals surface area contributed by atoms with Crippen LogP contribution in [0.1, 0.15) is 27.8 Å². The zero-order valence-corrected chi connectivity index (χ0v) is 21.9. The molecule has 0 bridgehead atoms. The van der Waals surface area contributed by atoms with Gasteiger partial charge in [-0.1, -0.05) is 48.5 Å². The summed E-state index contributed by atoms with van der Waals surface area (Å²) in [4.78, 5) is 4.88. The van der Waals surface area contributed by atoms with Gasteiger partial charge in [-0.3, -0.25) is 10.8 Å². The van der Waals surface area contributed by atoms with Crippen LogP contribution in [0.5, 0.6) is 0 Å². The highest BCUT2D eigenvalue weighted by molar-refractivity contribution is 6.54. The smallest absolute Gasteiger partial charge is 0.164 e. The molecule has 1 aliphatic rings. The molecule has 0 unspecified atom stereocenters. The lowest BCUT2D eigenvalue weighted by atomic mass is 9.87. The van der Waals surface area contributed by atoms with E-state index >= 15 is 8.78 Å². The molecule has 1 aromatic heterocycles. The van der Waals surface area contributed by atoms with Crippen molar-refractivity contribution in [1.29, 1.82) is 26.6 Å². The molecule has 2 N–H and O–H groups in total. The van der Waals surface area contributed by atoms with Crippen LogP contribution in [0.25, 0.3) is 50.5 Å². The van der Waals surface area contributed by atoms with E-state index in [1.165, 1.54) is 30.3 Å². The predicted molar refractivity (Wildman–Crippen MR) is 156 cm³/mol. The molecule has 1 heterocycles. The van der Waals surface area contributed by atoms with Gasteiger partial charge in [0, 0.05) is 22.1 Å². The second-order valence-electron chi connectivity index (χ2n) is 9.66. The first-order chi connectivity index (χ1) is 20.8. The summed E-state index contributed by atoms with van der Waals surface area (Å²) in [6, 6.07) is 23.3. The van der Waals surface area contributed by atoms with Gasteiger partial charge in [0.25, 0.3) is 0 Å². The lowest BCUT2D eigenvalue weighted by Gasteiger charge is -2.19. The van der Waals surface area contributed by atoms with Crippen LogP contribution in [0.3, 0.4) is 0 Å². The minimum atomic E-state index is -1.55. The van der Waals surface area contributed by atoms with Gasteiger partial charge < -0.3 is 0 Å². The number of halogens is 3. The lowest BCUT2D eigenvalue weighted by molar-refractivity contribution is 0.539. The summed E-state index contributed by atoms with van der Waals surface area (Å²) in [6.07, 6.45) is 3.18. The zero-order valence-electron chi connectivity index (χ0n) is 21.9. The SMILES string of the molecule is N#Cc1cccc(-c2ccc3c4c(c(-c5ccc(-c6c(F)c(C#N)c(F)c(C#N)c6F)cc5)nc3c2)C=CC(=N)C4=N)c1. The number of hydrogen-bond donors (Lipinski definition) is 2. The molecule has 6 nitrogen and oxygen atoms in total. The third-order valence-electron chi connectivity index (χ3n) is 7.27. The Balaban J connectivity index is 1.55. The highest BCUT2D eigenvalue weighted by Gasteiger charge is 2.27. The van der Waals surface area contributed by atoms with E-state index in [2.05, 4.69) is 6.07 Å². The van der Waals surface area contributed by atoms with E-state index in [0.717, 1.165) is 11.1 Å². The molecule has 0 radical (unpaired) electrons. The molecule has 43 heavy (non-hydrogen) atoms. The van der Waals surface area contributed by atoms with Crippen LogP contribution in [0.4, 0.5) is 13.2 Å². The van der Waals surface area contributed by atoms with E-state index in [1.54, 1.807) is 36.4 Å². The normalized spacial score (nSPS) is 12.0. The first-order valence-electron chi connectivity index (χ1n) is 12.7. The Kier molecular flexibility index (Phi) is 6.38. The molecular weight excluding hydrogens is 549 g/mol. The maximum absolute atomic E-state index is 15.0. The number of rotatable bonds is 3. The van der Waals surface area contributed by atoms with E-state index in [-0.39, 0.29) is 17.0 Å². The van der Waals surface area contributed by atoms with E-state index in [4.69, 9.17) is 15.8 Å². The van der Waals surface area contributed by atoms with Gasteiger partial charge >= 0.3 is 0 Å². The molecule has 0 saturated carbocycles. The van der Waals surface area contributed by atoms with E-state index < -0.39 is 34.1 Å². The van der Waals surface area contributed by atoms with Crippen molar-refractivity contribution in [3.8, 4) is 51.7 Å². The molecule has 4 aromatic carbocycles. The molecule has 9 heteroatoms. The van der Waals surface area contributed by atoms with Crippen molar-refractivity contribution < 1.29 is 13.2 Å². The molecule has 1 aliphatic carbocycles. The Morgan fingerprint density at radius 3 is 1.91 bits per heavy atom. The van der Waals surface area contributed by atoms with Gasteiger partial charge in [0.15, 0.2) is 17.5 Å². The zero-order chi connectivity index (χ0) is 30.4. The van der Waals surface area contributed by atoms with Crippen LogP contribution in [0.2, 0.25) is 0 Å². The van der Waals surface area contributed by atoms with Gasteiger partial charge in [-0.15, -0.1) is 0 Å². The van der Waals surface area contributed by atoms with Crippen molar-refractivity contribution in [3.63, 3.8) is 0 Å². The molecular formula is C34H15F3N6. The minimum absolute atomic E-state index is 0.00511.